The van der Waals surface area contributed by atoms with Crippen LogP contribution >= 0.6 is 0 Å². The van der Waals surface area contributed by atoms with E-state index in [0.29, 0.717) is 11.4 Å². The number of hydrogen-bond donors (Lipinski definition) is 0. The van der Waals surface area contributed by atoms with Crippen LogP contribution in [0.3, 0.4) is 0 Å². The SMILES string of the molecule is CC(=O)N(C(C)=O)c1ccc(-c2ccc(N(C(C)=O)C(C)=O)cc2)cc1. The smallest absolute Gasteiger partial charge is 0.230 e. The first kappa shape index (κ1) is 19.1. The lowest BCUT2D eigenvalue weighted by Gasteiger charge is -2.18. The lowest BCUT2D eigenvalue weighted by atomic mass is 10.0. The fourth-order valence-electron chi connectivity index (χ4n) is 2.78. The number of imide groups is 2. The maximum atomic E-state index is 11.6. The van der Waals surface area contributed by atoms with Gasteiger partial charge >= 0.3 is 0 Å². The lowest BCUT2D eigenvalue weighted by Crippen LogP contribution is -2.33. The molecule has 2 rings (SSSR count). The molecule has 6 heteroatoms. The van der Waals surface area contributed by atoms with Gasteiger partial charge in [-0.1, -0.05) is 24.3 Å². The number of carbonyl (C=O) groups is 4. The van der Waals surface area contributed by atoms with Crippen molar-refractivity contribution in [1.29, 1.82) is 0 Å². The van der Waals surface area contributed by atoms with Gasteiger partial charge in [0.2, 0.25) is 23.6 Å². The van der Waals surface area contributed by atoms with Gasteiger partial charge in [-0.15, -0.1) is 0 Å². The Morgan fingerprint density at radius 2 is 0.731 bits per heavy atom. The number of nitrogens with zero attached hydrogens (tertiary/aromatic N) is 2. The normalized spacial score (nSPS) is 10.2. The molecule has 0 saturated carbocycles. The van der Waals surface area contributed by atoms with Gasteiger partial charge in [-0.05, 0) is 35.4 Å². The molecule has 0 spiro atoms. The van der Waals surface area contributed by atoms with Gasteiger partial charge in [-0.2, -0.15) is 0 Å². The molecule has 0 radical (unpaired) electrons. The number of carbonyl (C=O) groups excluding carboxylic acids is 4. The van der Waals surface area contributed by atoms with Crippen molar-refractivity contribution in [3.63, 3.8) is 0 Å². The highest BCUT2D eigenvalue weighted by Crippen LogP contribution is 2.26. The minimum absolute atomic E-state index is 0.344. The summed E-state index contributed by atoms with van der Waals surface area (Å²) in [6.07, 6.45) is 0. The molecule has 0 atom stereocenters. The molecule has 0 bridgehead atoms. The molecule has 0 aliphatic carbocycles. The zero-order valence-electron chi connectivity index (χ0n) is 15.1. The fraction of sp³-hybridized carbons (Fsp3) is 0.200. The quantitative estimate of drug-likeness (QED) is 0.850. The van der Waals surface area contributed by atoms with Crippen molar-refractivity contribution < 1.29 is 19.2 Å². The van der Waals surface area contributed by atoms with Crippen LogP contribution in [0, 0.1) is 0 Å². The van der Waals surface area contributed by atoms with E-state index in [2.05, 4.69) is 0 Å². The zero-order valence-corrected chi connectivity index (χ0v) is 15.1. The molecule has 0 fully saturated rings. The summed E-state index contributed by atoms with van der Waals surface area (Å²) in [4.78, 5) is 48.6. The van der Waals surface area contributed by atoms with E-state index in [1.54, 1.807) is 48.5 Å². The minimum Gasteiger partial charge on any atom is -0.274 e. The predicted molar refractivity (Wildman–Crippen MR) is 99.6 cm³/mol. The Morgan fingerprint density at radius 3 is 0.923 bits per heavy atom. The predicted octanol–water partition coefficient (Wildman–Crippen LogP) is 3.15. The largest absolute Gasteiger partial charge is 0.274 e. The van der Waals surface area contributed by atoms with E-state index < -0.39 is 0 Å². The molecule has 6 nitrogen and oxygen atoms in total. The number of benzene rings is 2. The Balaban J connectivity index is 2.30. The molecular weight excluding hydrogens is 332 g/mol. The molecule has 0 aliphatic rings. The van der Waals surface area contributed by atoms with Crippen LogP contribution in [0.4, 0.5) is 11.4 Å². The van der Waals surface area contributed by atoms with Gasteiger partial charge in [0.05, 0.1) is 11.4 Å². The molecule has 2 aromatic rings. The van der Waals surface area contributed by atoms with Gasteiger partial charge in [0.25, 0.3) is 0 Å². The second kappa shape index (κ2) is 7.74. The second-order valence-corrected chi connectivity index (χ2v) is 5.84. The molecule has 0 unspecified atom stereocenters. The first-order valence-corrected chi connectivity index (χ1v) is 8.05. The average Bonchev–Trinajstić information content (AvgIpc) is 2.55. The Hall–Kier alpha value is -3.28. The fourth-order valence-corrected chi connectivity index (χ4v) is 2.78. The van der Waals surface area contributed by atoms with Crippen LogP contribution < -0.4 is 9.80 Å². The summed E-state index contributed by atoms with van der Waals surface area (Å²) >= 11 is 0. The third kappa shape index (κ3) is 4.03. The van der Waals surface area contributed by atoms with E-state index in [1.807, 2.05) is 0 Å². The summed E-state index contributed by atoms with van der Waals surface area (Å²) in [5.41, 5.74) is 2.77. The van der Waals surface area contributed by atoms with E-state index in [9.17, 15) is 19.2 Å². The first-order chi connectivity index (χ1) is 12.2. The third-order valence-electron chi connectivity index (χ3n) is 3.84. The summed E-state index contributed by atoms with van der Waals surface area (Å²) in [6.45, 7) is 5.35. The van der Waals surface area contributed by atoms with Gasteiger partial charge in [0, 0.05) is 27.7 Å². The van der Waals surface area contributed by atoms with Gasteiger partial charge in [0.15, 0.2) is 0 Å². The molecule has 0 aromatic heterocycles. The van der Waals surface area contributed by atoms with E-state index in [4.69, 9.17) is 0 Å². The maximum absolute atomic E-state index is 11.6. The topological polar surface area (TPSA) is 74.8 Å². The number of hydrogen-bond acceptors (Lipinski definition) is 4. The van der Waals surface area contributed by atoms with Crippen LogP contribution in [0.15, 0.2) is 48.5 Å². The van der Waals surface area contributed by atoms with Crippen LogP contribution in [-0.4, -0.2) is 23.6 Å². The Morgan fingerprint density at radius 1 is 0.500 bits per heavy atom. The summed E-state index contributed by atoms with van der Waals surface area (Å²) in [6, 6.07) is 14.0. The van der Waals surface area contributed by atoms with Crippen LogP contribution in [0.5, 0.6) is 0 Å². The summed E-state index contributed by atoms with van der Waals surface area (Å²) < 4.78 is 0. The first-order valence-electron chi connectivity index (χ1n) is 8.05. The summed E-state index contributed by atoms with van der Waals surface area (Å²) in [5.74, 6) is -1.38. The van der Waals surface area contributed by atoms with Crippen molar-refractivity contribution in [2.24, 2.45) is 0 Å². The Labute approximate surface area is 152 Å². The van der Waals surface area contributed by atoms with E-state index in [1.165, 1.54) is 27.7 Å². The zero-order chi connectivity index (χ0) is 19.4. The van der Waals surface area contributed by atoms with Crippen LogP contribution in [-0.2, 0) is 19.2 Å². The van der Waals surface area contributed by atoms with Crippen LogP contribution in [0.2, 0.25) is 0 Å². The molecule has 26 heavy (non-hydrogen) atoms. The maximum Gasteiger partial charge on any atom is 0.230 e. The molecule has 134 valence electrons. The van der Waals surface area contributed by atoms with E-state index >= 15 is 0 Å². The van der Waals surface area contributed by atoms with Crippen molar-refractivity contribution in [1.82, 2.24) is 0 Å². The van der Waals surface area contributed by atoms with E-state index in [-0.39, 0.29) is 23.6 Å². The van der Waals surface area contributed by atoms with Crippen molar-refractivity contribution in [2.75, 3.05) is 9.80 Å². The van der Waals surface area contributed by atoms with Crippen molar-refractivity contribution >= 4 is 35.0 Å². The van der Waals surface area contributed by atoms with Crippen LogP contribution in [0.1, 0.15) is 27.7 Å². The standard InChI is InChI=1S/C20H20N2O4/c1-13(23)21(14(2)24)19-9-5-17(6-10-19)18-7-11-20(12-8-18)22(15(3)25)16(4)26/h5-12H,1-4H3. The molecule has 0 aliphatic heterocycles. The average molecular weight is 352 g/mol. The van der Waals surface area contributed by atoms with Gasteiger partial charge in [-0.3, -0.25) is 29.0 Å². The highest BCUT2D eigenvalue weighted by Gasteiger charge is 2.17. The summed E-state index contributed by atoms with van der Waals surface area (Å²) in [5, 5.41) is 0. The lowest BCUT2D eigenvalue weighted by molar-refractivity contribution is -0.125. The molecular formula is C20H20N2O4. The number of rotatable bonds is 3. The molecule has 2 aromatic carbocycles. The molecule has 4 amide bonds. The van der Waals surface area contributed by atoms with Gasteiger partial charge in [0.1, 0.15) is 0 Å². The molecule has 0 saturated heterocycles. The summed E-state index contributed by atoms with van der Waals surface area (Å²) in [7, 11) is 0. The minimum atomic E-state index is -0.344. The van der Waals surface area contributed by atoms with Crippen molar-refractivity contribution in [2.45, 2.75) is 27.7 Å². The molecule has 0 heterocycles. The van der Waals surface area contributed by atoms with Gasteiger partial charge in [-0.25, -0.2) is 0 Å². The van der Waals surface area contributed by atoms with Crippen molar-refractivity contribution in [3.8, 4) is 11.1 Å². The van der Waals surface area contributed by atoms with Gasteiger partial charge < -0.3 is 0 Å². The third-order valence-corrected chi connectivity index (χ3v) is 3.84. The van der Waals surface area contributed by atoms with E-state index in [0.717, 1.165) is 20.9 Å². The monoisotopic (exact) mass is 352 g/mol. The Kier molecular flexibility index (Phi) is 5.67. The Bertz CT molecular complexity index is 753. The number of amides is 4. The second-order valence-electron chi connectivity index (χ2n) is 5.84. The highest BCUT2D eigenvalue weighted by atomic mass is 16.2. The highest BCUT2D eigenvalue weighted by molar-refractivity contribution is 6.14. The number of anilines is 2. The molecule has 0 N–H and O–H groups in total. The van der Waals surface area contributed by atoms with Crippen LogP contribution in [0.25, 0.3) is 11.1 Å². The van der Waals surface area contributed by atoms with Crippen molar-refractivity contribution in [3.05, 3.63) is 48.5 Å².